The zero-order valence-corrected chi connectivity index (χ0v) is 18.8. The van der Waals surface area contributed by atoms with E-state index in [0.717, 1.165) is 29.9 Å². The van der Waals surface area contributed by atoms with E-state index in [1.165, 1.54) is 17.8 Å². The van der Waals surface area contributed by atoms with Crippen molar-refractivity contribution in [2.24, 2.45) is 5.92 Å². The van der Waals surface area contributed by atoms with Crippen molar-refractivity contribution in [2.75, 3.05) is 24.5 Å². The monoisotopic (exact) mass is 453 g/mol. The molecule has 4 atom stereocenters. The van der Waals surface area contributed by atoms with Gasteiger partial charge in [0, 0.05) is 36.4 Å². The van der Waals surface area contributed by atoms with Crippen molar-refractivity contribution in [1.29, 1.82) is 0 Å². The molecule has 0 bridgehead atoms. The number of nitrogens with zero attached hydrogens (tertiary/aromatic N) is 2. The van der Waals surface area contributed by atoms with E-state index in [-0.39, 0.29) is 41.2 Å². The third kappa shape index (κ3) is 3.49. The number of thioether (sulfide) groups is 1. The second-order valence-electron chi connectivity index (χ2n) is 8.65. The van der Waals surface area contributed by atoms with Crippen LogP contribution in [0.3, 0.4) is 0 Å². The van der Waals surface area contributed by atoms with Gasteiger partial charge in [-0.25, -0.2) is 4.79 Å². The SMILES string of the molecule is C=CC(=O)N1CC[C@@H](NC(=O)C2=C3NC(=O)N(c4ccccc4C)C4CCNC(S2)C34)C1. The molecule has 4 heterocycles. The summed E-state index contributed by atoms with van der Waals surface area (Å²) in [7, 11) is 0. The van der Waals surface area contributed by atoms with Crippen LogP contribution in [0.25, 0.3) is 0 Å². The zero-order chi connectivity index (χ0) is 22.4. The van der Waals surface area contributed by atoms with Gasteiger partial charge in [0.15, 0.2) is 0 Å². The van der Waals surface area contributed by atoms with Crippen LogP contribution < -0.4 is 20.9 Å². The second-order valence-corrected chi connectivity index (χ2v) is 9.80. The highest BCUT2D eigenvalue weighted by Gasteiger charge is 2.52. The molecule has 3 saturated heterocycles. The molecule has 1 aromatic rings. The third-order valence-corrected chi connectivity index (χ3v) is 8.09. The molecule has 168 valence electrons. The van der Waals surface area contributed by atoms with E-state index < -0.39 is 0 Å². The molecule has 3 fully saturated rings. The van der Waals surface area contributed by atoms with Crippen molar-refractivity contribution < 1.29 is 14.4 Å². The van der Waals surface area contributed by atoms with E-state index in [9.17, 15) is 14.4 Å². The number of benzene rings is 1. The van der Waals surface area contributed by atoms with Crippen molar-refractivity contribution in [2.45, 2.75) is 37.2 Å². The van der Waals surface area contributed by atoms with Gasteiger partial charge in [-0.15, -0.1) is 0 Å². The maximum atomic E-state index is 13.2. The number of para-hydroxylation sites is 1. The number of aryl methyl sites for hydroxylation is 1. The predicted molar refractivity (Wildman–Crippen MR) is 124 cm³/mol. The number of amides is 4. The highest BCUT2D eigenvalue weighted by molar-refractivity contribution is 8.04. The van der Waals surface area contributed by atoms with E-state index in [4.69, 9.17) is 0 Å². The largest absolute Gasteiger partial charge is 0.347 e. The van der Waals surface area contributed by atoms with Crippen LogP contribution in [0.1, 0.15) is 18.4 Å². The number of carbonyl (C=O) groups excluding carboxylic acids is 3. The van der Waals surface area contributed by atoms with Crippen molar-refractivity contribution in [3.05, 3.63) is 53.1 Å². The Labute approximate surface area is 191 Å². The number of hydrogen-bond acceptors (Lipinski definition) is 5. The van der Waals surface area contributed by atoms with Gasteiger partial charge in [0.2, 0.25) is 5.91 Å². The quantitative estimate of drug-likeness (QED) is 0.604. The first-order valence-corrected chi connectivity index (χ1v) is 11.9. The molecule has 3 N–H and O–H groups in total. The smallest absolute Gasteiger partial charge is 0.326 e. The summed E-state index contributed by atoms with van der Waals surface area (Å²) in [5.41, 5.74) is 2.69. The molecular weight excluding hydrogens is 426 g/mol. The number of urea groups is 1. The van der Waals surface area contributed by atoms with E-state index in [2.05, 4.69) is 22.5 Å². The summed E-state index contributed by atoms with van der Waals surface area (Å²) in [5, 5.41) is 9.67. The molecule has 0 aliphatic carbocycles. The van der Waals surface area contributed by atoms with E-state index >= 15 is 0 Å². The Balaban J connectivity index is 1.38. The highest BCUT2D eigenvalue weighted by Crippen LogP contribution is 2.48. The maximum absolute atomic E-state index is 13.2. The fraction of sp³-hybridized carbons (Fsp3) is 0.435. The van der Waals surface area contributed by atoms with Crippen LogP contribution in [0.15, 0.2) is 47.5 Å². The van der Waals surface area contributed by atoms with Crippen LogP contribution in [-0.2, 0) is 9.59 Å². The molecule has 3 unspecified atom stereocenters. The maximum Gasteiger partial charge on any atom is 0.326 e. The Kier molecular flexibility index (Phi) is 5.46. The predicted octanol–water partition coefficient (Wildman–Crippen LogP) is 1.69. The van der Waals surface area contributed by atoms with Gasteiger partial charge in [-0.1, -0.05) is 36.5 Å². The summed E-state index contributed by atoms with van der Waals surface area (Å²) < 4.78 is 0. The Bertz CT molecular complexity index is 1020. The standard InChI is InChI=1S/C23H27N5O3S/c1-3-17(29)27-11-9-14(12-27)25-21(30)20-19-18-16(8-10-24-22(18)32-20)28(23(31)26-19)15-7-5-4-6-13(15)2/h3-7,14,16,18,22,24H,1,8-12H2,2H3,(H,25,30)(H,26,31)/t14-,16?,18?,22?/m1/s1. The van der Waals surface area contributed by atoms with Crippen LogP contribution in [-0.4, -0.2) is 59.8 Å². The number of piperidine rings is 1. The summed E-state index contributed by atoms with van der Waals surface area (Å²) in [6.45, 7) is 7.41. The average molecular weight is 454 g/mol. The average Bonchev–Trinajstić information content (AvgIpc) is 3.40. The van der Waals surface area contributed by atoms with Crippen LogP contribution in [0, 0.1) is 12.8 Å². The van der Waals surface area contributed by atoms with Crippen molar-refractivity contribution >= 4 is 35.3 Å². The first-order valence-electron chi connectivity index (χ1n) is 11.0. The molecule has 4 aliphatic rings. The number of likely N-dealkylation sites (tertiary alicyclic amines) is 1. The molecule has 5 rings (SSSR count). The second kappa shape index (κ2) is 8.29. The lowest BCUT2D eigenvalue weighted by Gasteiger charge is -2.46. The highest BCUT2D eigenvalue weighted by atomic mass is 32.2. The van der Waals surface area contributed by atoms with Crippen LogP contribution in [0.4, 0.5) is 10.5 Å². The molecule has 32 heavy (non-hydrogen) atoms. The Morgan fingerprint density at radius 2 is 2.09 bits per heavy atom. The summed E-state index contributed by atoms with van der Waals surface area (Å²) in [6, 6.07) is 7.61. The molecular formula is C23H27N5O3S. The Morgan fingerprint density at radius 1 is 1.28 bits per heavy atom. The zero-order valence-electron chi connectivity index (χ0n) is 18.0. The molecule has 0 aromatic heterocycles. The fourth-order valence-corrected chi connectivity index (χ4v) is 6.59. The molecule has 0 spiro atoms. The fourth-order valence-electron chi connectivity index (χ4n) is 5.19. The van der Waals surface area contributed by atoms with Gasteiger partial charge in [-0.05, 0) is 44.0 Å². The number of anilines is 1. The topological polar surface area (TPSA) is 93.8 Å². The third-order valence-electron chi connectivity index (χ3n) is 6.73. The minimum Gasteiger partial charge on any atom is -0.347 e. The van der Waals surface area contributed by atoms with Crippen molar-refractivity contribution in [1.82, 2.24) is 20.9 Å². The van der Waals surface area contributed by atoms with Gasteiger partial charge >= 0.3 is 6.03 Å². The molecule has 0 saturated carbocycles. The first kappa shape index (κ1) is 21.1. The normalized spacial score (nSPS) is 29.0. The van der Waals surface area contributed by atoms with Gasteiger partial charge in [-0.3, -0.25) is 14.5 Å². The number of carbonyl (C=O) groups is 3. The van der Waals surface area contributed by atoms with E-state index in [1.54, 1.807) is 4.90 Å². The Hall–Kier alpha value is -2.78. The minimum atomic E-state index is -0.187. The number of nitrogens with one attached hydrogen (secondary N) is 3. The van der Waals surface area contributed by atoms with Gasteiger partial charge in [0.1, 0.15) is 0 Å². The summed E-state index contributed by atoms with van der Waals surface area (Å²) in [5.74, 6) is -0.273. The van der Waals surface area contributed by atoms with Gasteiger partial charge in [0.25, 0.3) is 5.91 Å². The van der Waals surface area contributed by atoms with Gasteiger partial charge in [0.05, 0.1) is 16.3 Å². The van der Waals surface area contributed by atoms with E-state index in [0.29, 0.717) is 24.4 Å². The molecule has 9 heteroatoms. The van der Waals surface area contributed by atoms with Gasteiger partial charge < -0.3 is 20.9 Å². The van der Waals surface area contributed by atoms with Crippen LogP contribution >= 0.6 is 11.8 Å². The first-order chi connectivity index (χ1) is 15.5. The lowest BCUT2D eigenvalue weighted by atomic mass is 9.86. The number of rotatable bonds is 4. The summed E-state index contributed by atoms with van der Waals surface area (Å²) >= 11 is 1.50. The lowest BCUT2D eigenvalue weighted by molar-refractivity contribution is -0.125. The summed E-state index contributed by atoms with van der Waals surface area (Å²) in [4.78, 5) is 42.4. The van der Waals surface area contributed by atoms with Crippen LogP contribution in [0.5, 0.6) is 0 Å². The number of hydrogen-bond donors (Lipinski definition) is 3. The van der Waals surface area contributed by atoms with E-state index in [1.807, 2.05) is 36.1 Å². The van der Waals surface area contributed by atoms with Gasteiger partial charge in [-0.2, -0.15) is 0 Å². The molecule has 8 nitrogen and oxygen atoms in total. The minimum absolute atomic E-state index is 0.00363. The van der Waals surface area contributed by atoms with Crippen molar-refractivity contribution in [3.8, 4) is 0 Å². The lowest BCUT2D eigenvalue weighted by Crippen LogP contribution is -2.62. The van der Waals surface area contributed by atoms with Crippen LogP contribution in [0.2, 0.25) is 0 Å². The summed E-state index contributed by atoms with van der Waals surface area (Å²) in [6.07, 6.45) is 2.83. The van der Waals surface area contributed by atoms with Crippen molar-refractivity contribution in [3.63, 3.8) is 0 Å². The molecule has 0 radical (unpaired) electrons. The molecule has 4 amide bonds. The molecule has 4 aliphatic heterocycles. The molecule has 1 aromatic carbocycles. The Morgan fingerprint density at radius 3 is 2.88 bits per heavy atom.